The largest absolute Gasteiger partial charge is 0.444 e. The number of aliphatic hydroxyl groups excluding tert-OH is 2. The number of hydrogen-bond acceptors (Lipinski definition) is 5. The first-order valence-electron chi connectivity index (χ1n) is 9.72. The number of ether oxygens (including phenoxy) is 1. The molecule has 1 amide bonds. The molecule has 25 heavy (non-hydrogen) atoms. The molecule has 0 aromatic carbocycles. The standard InChI is InChI=1S/C19H36N2O4/c1-18(2,3)25-17(24)21-12-8-19(9-13-21)6-10-20(11-7-19)16(15-23)5-4-14-22/h16,22-23H,4-15H2,1-3H3. The van der Waals surface area contributed by atoms with E-state index in [1.807, 2.05) is 25.7 Å². The van der Waals surface area contributed by atoms with Crippen LogP contribution in [-0.4, -0.2) is 77.1 Å². The summed E-state index contributed by atoms with van der Waals surface area (Å²) in [4.78, 5) is 16.4. The van der Waals surface area contributed by atoms with Crippen molar-refractivity contribution in [3.05, 3.63) is 0 Å². The van der Waals surface area contributed by atoms with E-state index in [1.165, 1.54) is 0 Å². The lowest BCUT2D eigenvalue weighted by molar-refractivity contribution is -0.0121. The van der Waals surface area contributed by atoms with Crippen LogP contribution in [0.1, 0.15) is 59.3 Å². The Hall–Kier alpha value is -0.850. The number of carbonyl (C=O) groups excluding carboxylic acids is 1. The number of carbonyl (C=O) groups is 1. The molecule has 146 valence electrons. The fourth-order valence-corrected chi connectivity index (χ4v) is 4.07. The molecular weight excluding hydrogens is 320 g/mol. The maximum atomic E-state index is 12.2. The molecule has 0 aliphatic carbocycles. The van der Waals surface area contributed by atoms with Crippen LogP contribution in [0.5, 0.6) is 0 Å². The molecule has 2 fully saturated rings. The van der Waals surface area contributed by atoms with Crippen molar-refractivity contribution in [2.24, 2.45) is 5.41 Å². The van der Waals surface area contributed by atoms with Crippen LogP contribution < -0.4 is 0 Å². The Morgan fingerprint density at radius 3 is 2.12 bits per heavy atom. The second-order valence-corrected chi connectivity index (χ2v) is 8.71. The highest BCUT2D eigenvalue weighted by Gasteiger charge is 2.40. The third-order valence-corrected chi connectivity index (χ3v) is 5.76. The molecule has 2 N–H and O–H groups in total. The first-order valence-corrected chi connectivity index (χ1v) is 9.72. The molecule has 6 heteroatoms. The molecule has 2 saturated heterocycles. The molecule has 0 aromatic rings. The van der Waals surface area contributed by atoms with Crippen molar-refractivity contribution in [2.45, 2.75) is 70.9 Å². The third kappa shape index (κ3) is 5.83. The van der Waals surface area contributed by atoms with Gasteiger partial charge in [-0.05, 0) is 77.8 Å². The highest BCUT2D eigenvalue weighted by atomic mass is 16.6. The van der Waals surface area contributed by atoms with Gasteiger partial charge in [0.15, 0.2) is 0 Å². The van der Waals surface area contributed by atoms with E-state index in [-0.39, 0.29) is 25.3 Å². The summed E-state index contributed by atoms with van der Waals surface area (Å²) in [6.45, 7) is 9.63. The molecule has 2 aliphatic rings. The van der Waals surface area contributed by atoms with Crippen molar-refractivity contribution in [2.75, 3.05) is 39.4 Å². The monoisotopic (exact) mass is 356 g/mol. The van der Waals surface area contributed by atoms with Crippen LogP contribution >= 0.6 is 0 Å². The summed E-state index contributed by atoms with van der Waals surface area (Å²) >= 11 is 0. The molecule has 1 unspecified atom stereocenters. The van der Waals surface area contributed by atoms with Crippen LogP contribution in [0.25, 0.3) is 0 Å². The van der Waals surface area contributed by atoms with E-state index in [0.29, 0.717) is 5.41 Å². The normalized spacial score (nSPS) is 22.8. The lowest BCUT2D eigenvalue weighted by Crippen LogP contribution is -2.51. The van der Waals surface area contributed by atoms with Gasteiger partial charge in [-0.25, -0.2) is 4.79 Å². The third-order valence-electron chi connectivity index (χ3n) is 5.76. The minimum absolute atomic E-state index is 0.166. The molecule has 2 rings (SSSR count). The van der Waals surface area contributed by atoms with Crippen LogP contribution in [0.4, 0.5) is 4.79 Å². The minimum atomic E-state index is -0.439. The van der Waals surface area contributed by atoms with Crippen molar-refractivity contribution < 1.29 is 19.7 Å². The van der Waals surface area contributed by atoms with Gasteiger partial charge in [0.05, 0.1) is 6.61 Å². The summed E-state index contributed by atoms with van der Waals surface area (Å²) in [6.07, 6.45) is 5.75. The van der Waals surface area contributed by atoms with E-state index in [1.54, 1.807) is 0 Å². The summed E-state index contributed by atoms with van der Waals surface area (Å²) < 4.78 is 5.48. The zero-order chi connectivity index (χ0) is 18.5. The van der Waals surface area contributed by atoms with E-state index in [9.17, 15) is 9.90 Å². The van der Waals surface area contributed by atoms with Gasteiger partial charge in [-0.1, -0.05) is 0 Å². The summed E-state index contributed by atoms with van der Waals surface area (Å²) in [5.74, 6) is 0. The summed E-state index contributed by atoms with van der Waals surface area (Å²) in [5.41, 5.74) is -0.0998. The van der Waals surface area contributed by atoms with Gasteiger partial charge in [0.2, 0.25) is 0 Å². The van der Waals surface area contributed by atoms with Crippen LogP contribution in [0.3, 0.4) is 0 Å². The number of piperidine rings is 2. The second kappa shape index (κ2) is 8.69. The quantitative estimate of drug-likeness (QED) is 0.790. The van der Waals surface area contributed by atoms with Gasteiger partial charge < -0.3 is 19.8 Å². The van der Waals surface area contributed by atoms with Crippen molar-refractivity contribution in [3.8, 4) is 0 Å². The van der Waals surface area contributed by atoms with E-state index in [0.717, 1.165) is 64.7 Å². The molecule has 2 heterocycles. The molecule has 1 spiro atoms. The maximum Gasteiger partial charge on any atom is 0.410 e. The zero-order valence-corrected chi connectivity index (χ0v) is 16.2. The van der Waals surface area contributed by atoms with Crippen LogP contribution in [0.2, 0.25) is 0 Å². The lowest BCUT2D eigenvalue weighted by atomic mass is 9.71. The smallest absolute Gasteiger partial charge is 0.410 e. The van der Waals surface area contributed by atoms with Gasteiger partial charge in [-0.15, -0.1) is 0 Å². The van der Waals surface area contributed by atoms with Gasteiger partial charge in [0, 0.05) is 25.7 Å². The predicted octanol–water partition coefficient (Wildman–Crippen LogP) is 2.23. The zero-order valence-electron chi connectivity index (χ0n) is 16.2. The van der Waals surface area contributed by atoms with Gasteiger partial charge in [-0.3, -0.25) is 4.90 Å². The Labute approximate surface area is 152 Å². The van der Waals surface area contributed by atoms with Crippen LogP contribution in [0, 0.1) is 5.41 Å². The first kappa shape index (κ1) is 20.5. The second-order valence-electron chi connectivity index (χ2n) is 8.71. The molecule has 0 aromatic heterocycles. The SMILES string of the molecule is CC(C)(C)OC(=O)N1CCC2(CC1)CCN(C(CO)CCCO)CC2. The number of amides is 1. The fourth-order valence-electron chi connectivity index (χ4n) is 4.07. The highest BCUT2D eigenvalue weighted by molar-refractivity contribution is 5.68. The minimum Gasteiger partial charge on any atom is -0.444 e. The summed E-state index contributed by atoms with van der Waals surface area (Å²) in [7, 11) is 0. The molecule has 0 bridgehead atoms. The molecule has 0 saturated carbocycles. The summed E-state index contributed by atoms with van der Waals surface area (Å²) in [6, 6.07) is 0.173. The first-order chi connectivity index (χ1) is 11.8. The predicted molar refractivity (Wildman–Crippen MR) is 97.5 cm³/mol. The molecule has 1 atom stereocenters. The summed E-state index contributed by atoms with van der Waals surface area (Å²) in [5, 5.41) is 18.6. The number of likely N-dealkylation sites (tertiary alicyclic amines) is 2. The Kier molecular flexibility index (Phi) is 7.11. The van der Waals surface area contributed by atoms with Crippen molar-refractivity contribution in [3.63, 3.8) is 0 Å². The molecular formula is C19H36N2O4. The number of rotatable bonds is 5. The van der Waals surface area contributed by atoms with Crippen molar-refractivity contribution >= 4 is 6.09 Å². The number of nitrogens with zero attached hydrogens (tertiary/aromatic N) is 2. The van der Waals surface area contributed by atoms with Gasteiger partial charge in [-0.2, -0.15) is 0 Å². The molecule has 2 aliphatic heterocycles. The maximum absolute atomic E-state index is 12.2. The topological polar surface area (TPSA) is 73.2 Å². The van der Waals surface area contributed by atoms with E-state index < -0.39 is 5.60 Å². The average molecular weight is 357 g/mol. The van der Waals surface area contributed by atoms with Crippen LogP contribution in [0.15, 0.2) is 0 Å². The number of hydrogen-bond donors (Lipinski definition) is 2. The Balaban J connectivity index is 1.80. The number of aliphatic hydroxyl groups is 2. The van der Waals surface area contributed by atoms with Crippen molar-refractivity contribution in [1.29, 1.82) is 0 Å². The van der Waals surface area contributed by atoms with E-state index in [2.05, 4.69) is 4.90 Å². The van der Waals surface area contributed by atoms with E-state index in [4.69, 9.17) is 9.84 Å². The molecule has 0 radical (unpaired) electrons. The Morgan fingerprint density at radius 2 is 1.64 bits per heavy atom. The fraction of sp³-hybridized carbons (Fsp3) is 0.947. The Bertz CT molecular complexity index is 418. The molecule has 6 nitrogen and oxygen atoms in total. The van der Waals surface area contributed by atoms with Gasteiger partial charge in [0.1, 0.15) is 5.60 Å². The lowest BCUT2D eigenvalue weighted by Gasteiger charge is -2.48. The van der Waals surface area contributed by atoms with Gasteiger partial charge >= 0.3 is 6.09 Å². The highest BCUT2D eigenvalue weighted by Crippen LogP contribution is 2.42. The van der Waals surface area contributed by atoms with Crippen molar-refractivity contribution in [1.82, 2.24) is 9.80 Å². The van der Waals surface area contributed by atoms with Gasteiger partial charge in [0.25, 0.3) is 0 Å². The van der Waals surface area contributed by atoms with E-state index >= 15 is 0 Å². The van der Waals surface area contributed by atoms with Crippen LogP contribution in [-0.2, 0) is 4.74 Å². The Morgan fingerprint density at radius 1 is 1.08 bits per heavy atom. The average Bonchev–Trinajstić information content (AvgIpc) is 2.56.